The standard InChI is InChI=1S/C6H10N2O2S/c9-8(10)5-6-7-3-1-2-4-11-6/h5,7H,1-4H2. The summed E-state index contributed by atoms with van der Waals surface area (Å²) in [5.41, 5.74) is 0. The van der Waals surface area contributed by atoms with Crippen molar-refractivity contribution in [2.75, 3.05) is 12.3 Å². The van der Waals surface area contributed by atoms with E-state index in [0.717, 1.165) is 31.3 Å². The Labute approximate surface area is 69.2 Å². The molecule has 0 spiro atoms. The molecule has 1 saturated heterocycles. The van der Waals surface area contributed by atoms with Crippen molar-refractivity contribution in [2.24, 2.45) is 0 Å². The SMILES string of the molecule is O=[N+]([O-])C=C1NCCCCS1. The Morgan fingerprint density at radius 3 is 3.18 bits per heavy atom. The molecule has 0 aliphatic carbocycles. The van der Waals surface area contributed by atoms with Crippen molar-refractivity contribution in [3.8, 4) is 0 Å². The van der Waals surface area contributed by atoms with Gasteiger partial charge in [-0.25, -0.2) is 0 Å². The number of nitrogens with one attached hydrogen (secondary N) is 1. The van der Waals surface area contributed by atoms with Gasteiger partial charge in [0.25, 0.3) is 6.20 Å². The van der Waals surface area contributed by atoms with Crippen molar-refractivity contribution in [3.05, 3.63) is 21.3 Å². The lowest BCUT2D eigenvalue weighted by atomic mass is 10.3. The van der Waals surface area contributed by atoms with Gasteiger partial charge in [0.05, 0.1) is 4.92 Å². The predicted molar refractivity (Wildman–Crippen MR) is 44.8 cm³/mol. The number of hydrogen-bond donors (Lipinski definition) is 1. The molecule has 0 radical (unpaired) electrons. The quantitative estimate of drug-likeness (QED) is 0.479. The van der Waals surface area contributed by atoms with E-state index in [2.05, 4.69) is 5.32 Å². The van der Waals surface area contributed by atoms with Gasteiger partial charge < -0.3 is 5.32 Å². The highest BCUT2D eigenvalue weighted by atomic mass is 32.2. The van der Waals surface area contributed by atoms with Crippen molar-refractivity contribution in [1.82, 2.24) is 5.32 Å². The van der Waals surface area contributed by atoms with Crippen molar-refractivity contribution in [3.63, 3.8) is 0 Å². The Balaban J connectivity index is 2.48. The van der Waals surface area contributed by atoms with Gasteiger partial charge in [-0.1, -0.05) is 0 Å². The molecule has 0 unspecified atom stereocenters. The number of thioether (sulfide) groups is 1. The van der Waals surface area contributed by atoms with Gasteiger partial charge in [-0.05, 0) is 18.6 Å². The van der Waals surface area contributed by atoms with E-state index in [-0.39, 0.29) is 0 Å². The van der Waals surface area contributed by atoms with Crippen molar-refractivity contribution in [1.29, 1.82) is 0 Å². The Bertz CT molecular complexity index is 171. The maximum Gasteiger partial charge on any atom is 0.263 e. The van der Waals surface area contributed by atoms with E-state index >= 15 is 0 Å². The third-order valence-corrected chi connectivity index (χ3v) is 2.40. The molecule has 0 bridgehead atoms. The van der Waals surface area contributed by atoms with E-state index in [1.54, 1.807) is 0 Å². The van der Waals surface area contributed by atoms with Crippen LogP contribution in [0.25, 0.3) is 0 Å². The maximum atomic E-state index is 10.1. The molecule has 0 saturated carbocycles. The molecule has 1 fully saturated rings. The summed E-state index contributed by atoms with van der Waals surface area (Å²) in [6.45, 7) is 0.854. The number of nitrogens with zero attached hydrogens (tertiary/aromatic N) is 1. The molecule has 1 N–H and O–H groups in total. The van der Waals surface area contributed by atoms with Gasteiger partial charge in [0.15, 0.2) is 0 Å². The van der Waals surface area contributed by atoms with Crippen LogP contribution in [0.2, 0.25) is 0 Å². The third-order valence-electron chi connectivity index (χ3n) is 1.35. The lowest BCUT2D eigenvalue weighted by Gasteiger charge is -1.99. The molecule has 0 amide bonds. The number of nitro groups is 1. The zero-order valence-electron chi connectivity index (χ0n) is 6.08. The van der Waals surface area contributed by atoms with E-state index in [1.165, 1.54) is 11.8 Å². The summed E-state index contributed by atoms with van der Waals surface area (Å²) >= 11 is 1.52. The largest absolute Gasteiger partial charge is 0.375 e. The van der Waals surface area contributed by atoms with Crippen molar-refractivity contribution in [2.45, 2.75) is 12.8 Å². The summed E-state index contributed by atoms with van der Waals surface area (Å²) in [5, 5.41) is 13.7. The van der Waals surface area contributed by atoms with Crippen LogP contribution in [0.15, 0.2) is 11.2 Å². The molecular formula is C6H10N2O2S. The summed E-state index contributed by atoms with van der Waals surface area (Å²) in [4.78, 5) is 9.64. The first-order valence-corrected chi connectivity index (χ1v) is 4.49. The van der Waals surface area contributed by atoms with E-state index in [0.29, 0.717) is 5.03 Å². The van der Waals surface area contributed by atoms with E-state index < -0.39 is 4.92 Å². The van der Waals surface area contributed by atoms with Crippen LogP contribution in [0.4, 0.5) is 0 Å². The van der Waals surface area contributed by atoms with Gasteiger partial charge in [-0.2, -0.15) is 0 Å². The Morgan fingerprint density at radius 1 is 1.64 bits per heavy atom. The average Bonchev–Trinajstić information content (AvgIpc) is 2.14. The minimum absolute atomic E-state index is 0.416. The third kappa shape index (κ3) is 3.27. The first-order valence-electron chi connectivity index (χ1n) is 3.51. The van der Waals surface area contributed by atoms with Crippen molar-refractivity contribution >= 4 is 11.8 Å². The average molecular weight is 174 g/mol. The summed E-state index contributed by atoms with van der Waals surface area (Å²) in [6.07, 6.45) is 3.27. The molecule has 1 rings (SSSR count). The van der Waals surface area contributed by atoms with E-state index in [1.807, 2.05) is 0 Å². The monoisotopic (exact) mass is 174 g/mol. The minimum atomic E-state index is -0.416. The second-order valence-electron chi connectivity index (χ2n) is 2.26. The van der Waals surface area contributed by atoms with Crippen LogP contribution < -0.4 is 5.32 Å². The first-order chi connectivity index (χ1) is 5.29. The normalized spacial score (nSPS) is 22.4. The van der Waals surface area contributed by atoms with Gasteiger partial charge in [0, 0.05) is 6.54 Å². The van der Waals surface area contributed by atoms with E-state index in [4.69, 9.17) is 0 Å². The molecule has 11 heavy (non-hydrogen) atoms. The summed E-state index contributed by atoms with van der Waals surface area (Å²) in [5.74, 6) is 0.979. The highest BCUT2D eigenvalue weighted by molar-refractivity contribution is 8.03. The van der Waals surface area contributed by atoms with Gasteiger partial charge >= 0.3 is 0 Å². The highest BCUT2D eigenvalue weighted by Crippen LogP contribution is 2.17. The van der Waals surface area contributed by atoms with Gasteiger partial charge in [-0.15, -0.1) is 11.8 Å². The topological polar surface area (TPSA) is 55.2 Å². The fourth-order valence-corrected chi connectivity index (χ4v) is 1.78. The van der Waals surface area contributed by atoms with Gasteiger partial charge in [0.1, 0.15) is 5.03 Å². The van der Waals surface area contributed by atoms with Crippen LogP contribution in [-0.4, -0.2) is 17.2 Å². The van der Waals surface area contributed by atoms with E-state index in [9.17, 15) is 10.1 Å². The lowest BCUT2D eigenvalue weighted by molar-refractivity contribution is -0.403. The molecule has 1 aliphatic heterocycles. The second-order valence-corrected chi connectivity index (χ2v) is 3.40. The molecule has 0 aromatic rings. The molecule has 5 heteroatoms. The second kappa shape index (κ2) is 4.23. The molecule has 0 aromatic carbocycles. The van der Waals surface area contributed by atoms with Crippen LogP contribution >= 0.6 is 11.8 Å². The Hall–Kier alpha value is -0.710. The summed E-state index contributed by atoms with van der Waals surface area (Å²) in [7, 11) is 0. The zero-order valence-corrected chi connectivity index (χ0v) is 6.89. The molecule has 1 aliphatic rings. The predicted octanol–water partition coefficient (Wildman–Crippen LogP) is 1.18. The molecule has 62 valence electrons. The van der Waals surface area contributed by atoms with Crippen LogP contribution in [0, 0.1) is 10.1 Å². The first kappa shape index (κ1) is 8.39. The van der Waals surface area contributed by atoms with Crippen LogP contribution in [0.1, 0.15) is 12.8 Å². The summed E-state index contributed by atoms with van der Waals surface area (Å²) < 4.78 is 0. The highest BCUT2D eigenvalue weighted by Gasteiger charge is 2.06. The van der Waals surface area contributed by atoms with Crippen LogP contribution in [0.3, 0.4) is 0 Å². The zero-order chi connectivity index (χ0) is 8.10. The van der Waals surface area contributed by atoms with Crippen LogP contribution in [0.5, 0.6) is 0 Å². The maximum absolute atomic E-state index is 10.1. The number of hydrogen-bond acceptors (Lipinski definition) is 4. The molecule has 0 aromatic heterocycles. The Kier molecular flexibility index (Phi) is 3.22. The smallest absolute Gasteiger partial charge is 0.263 e. The fraction of sp³-hybridized carbons (Fsp3) is 0.667. The minimum Gasteiger partial charge on any atom is -0.375 e. The lowest BCUT2D eigenvalue weighted by Crippen LogP contribution is -2.11. The molecular weight excluding hydrogens is 164 g/mol. The van der Waals surface area contributed by atoms with Gasteiger partial charge in [-0.3, -0.25) is 10.1 Å². The fourth-order valence-electron chi connectivity index (χ4n) is 0.850. The Morgan fingerprint density at radius 2 is 2.45 bits per heavy atom. The molecule has 0 atom stereocenters. The van der Waals surface area contributed by atoms with Crippen LogP contribution in [-0.2, 0) is 0 Å². The molecule has 1 heterocycles. The van der Waals surface area contributed by atoms with Gasteiger partial charge in [0.2, 0.25) is 0 Å². The summed E-state index contributed by atoms with van der Waals surface area (Å²) in [6, 6.07) is 0. The number of rotatable bonds is 1. The van der Waals surface area contributed by atoms with Crippen molar-refractivity contribution < 1.29 is 4.92 Å². The molecule has 4 nitrogen and oxygen atoms in total.